The van der Waals surface area contributed by atoms with E-state index in [0.717, 1.165) is 49.2 Å². The van der Waals surface area contributed by atoms with Gasteiger partial charge >= 0.3 is 11.9 Å². The average Bonchev–Trinajstić information content (AvgIpc) is 2.74. The molecule has 0 radical (unpaired) electrons. The Morgan fingerprint density at radius 3 is 2.17 bits per heavy atom. The largest absolute Gasteiger partial charge is 0.494 e. The van der Waals surface area contributed by atoms with Crippen LogP contribution in [-0.4, -0.2) is 31.8 Å². The van der Waals surface area contributed by atoms with E-state index in [1.807, 2.05) is 12.1 Å². The number of esters is 2. The summed E-state index contributed by atoms with van der Waals surface area (Å²) in [5.74, 6) is 0.222. The maximum atomic E-state index is 11.1. The van der Waals surface area contributed by atoms with Crippen molar-refractivity contribution in [1.82, 2.24) is 0 Å². The van der Waals surface area contributed by atoms with E-state index < -0.39 is 0 Å². The first-order chi connectivity index (χ1) is 14.5. The lowest BCUT2D eigenvalue weighted by atomic mass is 9.98. The van der Waals surface area contributed by atoms with Crippen LogP contribution in [0, 0.1) is 5.92 Å². The van der Waals surface area contributed by atoms with Crippen molar-refractivity contribution >= 4 is 11.9 Å². The van der Waals surface area contributed by atoms with Gasteiger partial charge < -0.3 is 14.2 Å². The molecule has 0 saturated carbocycles. The first-order valence-corrected chi connectivity index (χ1v) is 10.6. The molecule has 0 spiro atoms. The van der Waals surface area contributed by atoms with Gasteiger partial charge in [-0.05, 0) is 48.1 Å². The fourth-order valence-electron chi connectivity index (χ4n) is 3.02. The highest BCUT2D eigenvalue weighted by molar-refractivity contribution is 5.66. The van der Waals surface area contributed by atoms with Crippen LogP contribution in [0.1, 0.15) is 45.6 Å². The first kappa shape index (κ1) is 23.5. The van der Waals surface area contributed by atoms with Crippen LogP contribution in [0.2, 0.25) is 0 Å². The van der Waals surface area contributed by atoms with Gasteiger partial charge in [0.2, 0.25) is 0 Å². The van der Waals surface area contributed by atoms with Crippen molar-refractivity contribution in [3.05, 3.63) is 54.1 Å². The third kappa shape index (κ3) is 8.68. The smallest absolute Gasteiger partial charge is 0.302 e. The van der Waals surface area contributed by atoms with Crippen molar-refractivity contribution in [1.29, 1.82) is 0 Å². The Morgan fingerprint density at radius 2 is 1.57 bits per heavy atom. The maximum absolute atomic E-state index is 11.1. The van der Waals surface area contributed by atoms with Crippen molar-refractivity contribution in [2.24, 2.45) is 5.92 Å². The Kier molecular flexibility index (Phi) is 9.92. The topological polar surface area (TPSA) is 61.8 Å². The second kappa shape index (κ2) is 12.7. The molecule has 2 rings (SSSR count). The molecule has 0 aromatic heterocycles. The quantitative estimate of drug-likeness (QED) is 0.354. The predicted molar refractivity (Wildman–Crippen MR) is 117 cm³/mol. The minimum atomic E-state index is -0.326. The van der Waals surface area contributed by atoms with Crippen LogP contribution >= 0.6 is 0 Å². The summed E-state index contributed by atoms with van der Waals surface area (Å²) >= 11 is 0. The van der Waals surface area contributed by atoms with Gasteiger partial charge in [-0.15, -0.1) is 0 Å². The molecule has 30 heavy (non-hydrogen) atoms. The van der Waals surface area contributed by atoms with Crippen molar-refractivity contribution in [3.63, 3.8) is 0 Å². The molecule has 2 aromatic rings. The lowest BCUT2D eigenvalue weighted by Crippen LogP contribution is -2.20. The normalized spacial score (nSPS) is 10.7. The van der Waals surface area contributed by atoms with E-state index in [1.165, 1.54) is 19.4 Å². The van der Waals surface area contributed by atoms with Crippen LogP contribution in [-0.2, 0) is 25.5 Å². The van der Waals surface area contributed by atoms with E-state index in [1.54, 1.807) is 0 Å². The van der Waals surface area contributed by atoms with Crippen LogP contribution in [0.15, 0.2) is 48.5 Å². The van der Waals surface area contributed by atoms with Crippen LogP contribution in [0.5, 0.6) is 5.75 Å². The van der Waals surface area contributed by atoms with Gasteiger partial charge in [0.05, 0.1) is 19.8 Å². The molecule has 5 nitrogen and oxygen atoms in total. The number of aryl methyl sites for hydroxylation is 1. The standard InChI is InChI=1S/C25H32O5/c1-4-5-15-28-25-8-6-7-24(16-25)23-13-11-21(12-14-23)9-10-22(17-29-19(2)26)18-30-20(3)27/h6-8,11-14,16,22H,4-5,9-10,15,17-18H2,1-3H3. The minimum absolute atomic E-state index is 0.0190. The Labute approximate surface area is 179 Å². The fourth-order valence-corrected chi connectivity index (χ4v) is 3.02. The number of carbonyl (C=O) groups is 2. The van der Waals surface area contributed by atoms with E-state index >= 15 is 0 Å². The van der Waals surface area contributed by atoms with Gasteiger partial charge in [0.25, 0.3) is 0 Å². The zero-order chi connectivity index (χ0) is 21.8. The predicted octanol–water partition coefficient (Wildman–Crippen LogP) is 5.21. The number of hydrogen-bond donors (Lipinski definition) is 0. The molecule has 0 atom stereocenters. The molecule has 0 aliphatic heterocycles. The van der Waals surface area contributed by atoms with Gasteiger partial charge in [-0.3, -0.25) is 9.59 Å². The molecule has 0 amide bonds. The van der Waals surface area contributed by atoms with Gasteiger partial charge in [0.1, 0.15) is 5.75 Å². The Hall–Kier alpha value is -2.82. The zero-order valence-corrected chi connectivity index (χ0v) is 18.2. The summed E-state index contributed by atoms with van der Waals surface area (Å²) in [4.78, 5) is 22.2. The van der Waals surface area contributed by atoms with Crippen molar-refractivity contribution in [2.45, 2.75) is 46.5 Å². The van der Waals surface area contributed by atoms with Gasteiger partial charge in [-0.1, -0.05) is 49.7 Å². The number of ether oxygens (including phenoxy) is 3. The van der Waals surface area contributed by atoms with Crippen molar-refractivity contribution in [2.75, 3.05) is 19.8 Å². The van der Waals surface area contributed by atoms with Crippen molar-refractivity contribution in [3.8, 4) is 16.9 Å². The summed E-state index contributed by atoms with van der Waals surface area (Å²) in [5.41, 5.74) is 3.44. The third-order valence-corrected chi connectivity index (χ3v) is 4.77. The highest BCUT2D eigenvalue weighted by atomic mass is 16.5. The summed E-state index contributed by atoms with van der Waals surface area (Å²) in [6, 6.07) is 16.6. The van der Waals surface area contributed by atoms with E-state index in [-0.39, 0.29) is 31.1 Å². The molecule has 2 aromatic carbocycles. The molecule has 0 heterocycles. The van der Waals surface area contributed by atoms with E-state index in [9.17, 15) is 9.59 Å². The van der Waals surface area contributed by atoms with Crippen LogP contribution in [0.3, 0.4) is 0 Å². The number of hydrogen-bond acceptors (Lipinski definition) is 5. The number of benzene rings is 2. The maximum Gasteiger partial charge on any atom is 0.302 e. The molecular weight excluding hydrogens is 380 g/mol. The van der Waals surface area contributed by atoms with E-state index in [2.05, 4.69) is 43.3 Å². The lowest BCUT2D eigenvalue weighted by Gasteiger charge is -2.16. The Morgan fingerprint density at radius 1 is 0.900 bits per heavy atom. The number of carbonyl (C=O) groups excluding carboxylic acids is 2. The van der Waals surface area contributed by atoms with Gasteiger partial charge in [0, 0.05) is 19.8 Å². The molecule has 0 fully saturated rings. The molecule has 0 N–H and O–H groups in total. The second-order valence-electron chi connectivity index (χ2n) is 7.44. The first-order valence-electron chi connectivity index (χ1n) is 10.6. The summed E-state index contributed by atoms with van der Waals surface area (Å²) in [6.07, 6.45) is 3.74. The van der Waals surface area contributed by atoms with E-state index in [0.29, 0.717) is 0 Å². The summed E-state index contributed by atoms with van der Waals surface area (Å²) in [7, 11) is 0. The minimum Gasteiger partial charge on any atom is -0.494 e. The highest BCUT2D eigenvalue weighted by Gasteiger charge is 2.13. The van der Waals surface area contributed by atoms with Gasteiger partial charge in [0.15, 0.2) is 0 Å². The second-order valence-corrected chi connectivity index (χ2v) is 7.44. The Bertz CT molecular complexity index is 779. The van der Waals surface area contributed by atoms with Gasteiger partial charge in [-0.2, -0.15) is 0 Å². The molecule has 0 bridgehead atoms. The lowest BCUT2D eigenvalue weighted by molar-refractivity contribution is -0.146. The monoisotopic (exact) mass is 412 g/mol. The molecule has 0 unspecified atom stereocenters. The fraction of sp³-hybridized carbons (Fsp3) is 0.440. The summed E-state index contributed by atoms with van der Waals surface area (Å²) < 4.78 is 16.0. The molecule has 5 heteroatoms. The van der Waals surface area contributed by atoms with Crippen LogP contribution < -0.4 is 4.74 Å². The summed E-state index contributed by atoms with van der Waals surface area (Å²) in [6.45, 7) is 6.16. The van der Waals surface area contributed by atoms with Crippen LogP contribution in [0.4, 0.5) is 0 Å². The van der Waals surface area contributed by atoms with Crippen molar-refractivity contribution < 1.29 is 23.8 Å². The zero-order valence-electron chi connectivity index (χ0n) is 18.2. The average molecular weight is 413 g/mol. The molecule has 0 aliphatic rings. The SMILES string of the molecule is CCCCOc1cccc(-c2ccc(CCC(COC(C)=O)COC(C)=O)cc2)c1. The molecule has 162 valence electrons. The summed E-state index contributed by atoms with van der Waals surface area (Å²) in [5, 5.41) is 0. The van der Waals surface area contributed by atoms with Crippen LogP contribution in [0.25, 0.3) is 11.1 Å². The highest BCUT2D eigenvalue weighted by Crippen LogP contribution is 2.25. The molecule has 0 saturated heterocycles. The van der Waals surface area contributed by atoms with Gasteiger partial charge in [-0.25, -0.2) is 0 Å². The molecular formula is C25H32O5. The number of rotatable bonds is 12. The Balaban J connectivity index is 1.94. The number of unbranched alkanes of at least 4 members (excludes halogenated alkanes) is 1. The molecule has 0 aliphatic carbocycles. The van der Waals surface area contributed by atoms with E-state index in [4.69, 9.17) is 14.2 Å². The third-order valence-electron chi connectivity index (χ3n) is 4.77.